The minimum Gasteiger partial charge on any atom is -0.548 e. The van der Waals surface area contributed by atoms with Crippen LogP contribution in [0.15, 0.2) is 11.8 Å². The quantitative estimate of drug-likeness (QED) is 0.443. The minimum atomic E-state index is -1.83. The predicted molar refractivity (Wildman–Crippen MR) is 91.2 cm³/mol. The first-order valence-corrected chi connectivity index (χ1v) is 11.4. The first-order valence-electron chi connectivity index (χ1n) is 8.02. The van der Waals surface area contributed by atoms with Crippen molar-refractivity contribution in [3.05, 3.63) is 11.8 Å². The molecule has 0 aromatic rings. The van der Waals surface area contributed by atoms with Crippen LogP contribution in [0.3, 0.4) is 0 Å². The Balaban J connectivity index is 3.21. The molecule has 0 aromatic heterocycles. The van der Waals surface area contributed by atoms with E-state index in [0.29, 0.717) is 12.2 Å². The van der Waals surface area contributed by atoms with Gasteiger partial charge in [-0.1, -0.05) is 6.92 Å². The van der Waals surface area contributed by atoms with Gasteiger partial charge in [0.05, 0.1) is 12.9 Å². The summed E-state index contributed by atoms with van der Waals surface area (Å²) in [5.41, 5.74) is -2.01. The van der Waals surface area contributed by atoms with Gasteiger partial charge in [0.15, 0.2) is 5.41 Å². The Hall–Kier alpha value is -1.30. The summed E-state index contributed by atoms with van der Waals surface area (Å²) in [5.74, 6) is -0.601. The summed E-state index contributed by atoms with van der Waals surface area (Å²) < 4.78 is 16.5. The number of rotatable bonds is 4. The molecule has 132 valence electrons. The molecular formula is C17H30O5Si. The fourth-order valence-electron chi connectivity index (χ4n) is 2.68. The van der Waals surface area contributed by atoms with E-state index in [2.05, 4.69) is 19.6 Å². The van der Waals surface area contributed by atoms with Crippen molar-refractivity contribution < 1.29 is 23.5 Å². The Morgan fingerprint density at radius 2 is 1.78 bits per heavy atom. The van der Waals surface area contributed by atoms with Gasteiger partial charge in [-0.05, 0) is 58.8 Å². The fraction of sp³-hybridized carbons (Fsp3) is 0.765. The number of carbonyl (C=O) groups excluding carboxylic acids is 2. The van der Waals surface area contributed by atoms with E-state index in [-0.39, 0.29) is 12.3 Å². The van der Waals surface area contributed by atoms with Gasteiger partial charge in [0.1, 0.15) is 5.60 Å². The van der Waals surface area contributed by atoms with Gasteiger partial charge in [-0.2, -0.15) is 0 Å². The molecule has 0 fully saturated rings. The van der Waals surface area contributed by atoms with Crippen molar-refractivity contribution in [3.8, 4) is 0 Å². The fourth-order valence-corrected chi connectivity index (χ4v) is 3.63. The molecule has 0 N–H and O–H groups in total. The third-order valence-corrected chi connectivity index (χ3v) is 4.62. The lowest BCUT2D eigenvalue weighted by Crippen LogP contribution is -2.50. The van der Waals surface area contributed by atoms with Crippen LogP contribution in [0.5, 0.6) is 0 Å². The van der Waals surface area contributed by atoms with E-state index in [1.165, 1.54) is 7.11 Å². The van der Waals surface area contributed by atoms with Gasteiger partial charge in [0.2, 0.25) is 8.32 Å². The van der Waals surface area contributed by atoms with Crippen molar-refractivity contribution in [2.75, 3.05) is 7.11 Å². The van der Waals surface area contributed by atoms with Gasteiger partial charge in [-0.15, -0.1) is 0 Å². The number of hydrogen-bond acceptors (Lipinski definition) is 5. The van der Waals surface area contributed by atoms with E-state index in [1.807, 2.05) is 13.0 Å². The zero-order chi connectivity index (χ0) is 18.1. The van der Waals surface area contributed by atoms with E-state index in [0.717, 1.165) is 0 Å². The average molecular weight is 343 g/mol. The van der Waals surface area contributed by atoms with E-state index in [9.17, 15) is 9.59 Å². The standard InChI is InChI=1S/C17H30O5Si/c1-12-9-10-13(22-23(6,7)8)11-17(12,14(18)20-5)15(19)21-16(2,3)4/h10,12H,9,11H2,1-8H3/t12-,17+/m0/s1. The number of esters is 2. The van der Waals surface area contributed by atoms with Crippen molar-refractivity contribution in [3.63, 3.8) is 0 Å². The number of carbonyl (C=O) groups is 2. The predicted octanol–water partition coefficient (Wildman–Crippen LogP) is 3.65. The summed E-state index contributed by atoms with van der Waals surface area (Å²) >= 11 is 0. The zero-order valence-electron chi connectivity index (χ0n) is 15.6. The van der Waals surface area contributed by atoms with Crippen LogP contribution in [0.1, 0.15) is 40.5 Å². The van der Waals surface area contributed by atoms with Crippen molar-refractivity contribution in [2.45, 2.75) is 65.8 Å². The highest BCUT2D eigenvalue weighted by atomic mass is 28.4. The lowest BCUT2D eigenvalue weighted by Gasteiger charge is -2.40. The second kappa shape index (κ2) is 6.67. The number of ether oxygens (including phenoxy) is 2. The van der Waals surface area contributed by atoms with Gasteiger partial charge < -0.3 is 13.9 Å². The second-order valence-corrected chi connectivity index (χ2v) is 12.6. The molecule has 1 aliphatic carbocycles. The van der Waals surface area contributed by atoms with Crippen molar-refractivity contribution in [1.82, 2.24) is 0 Å². The molecule has 0 heterocycles. The minimum absolute atomic E-state index is 0.194. The summed E-state index contributed by atoms with van der Waals surface area (Å²) in [5, 5.41) is 0. The van der Waals surface area contributed by atoms with E-state index < -0.39 is 31.3 Å². The Morgan fingerprint density at radius 1 is 1.22 bits per heavy atom. The summed E-state index contributed by atoms with van der Waals surface area (Å²) in [4.78, 5) is 25.4. The Bertz CT molecular complexity index is 498. The summed E-state index contributed by atoms with van der Waals surface area (Å²) in [6.07, 6.45) is 2.75. The van der Waals surface area contributed by atoms with Crippen LogP contribution in [-0.2, 0) is 23.5 Å². The highest BCUT2D eigenvalue weighted by Gasteiger charge is 2.55. The lowest BCUT2D eigenvalue weighted by molar-refractivity contribution is -0.183. The van der Waals surface area contributed by atoms with Gasteiger partial charge in [0, 0.05) is 6.42 Å². The van der Waals surface area contributed by atoms with Gasteiger partial charge in [-0.3, -0.25) is 9.59 Å². The smallest absolute Gasteiger partial charge is 0.324 e. The van der Waals surface area contributed by atoms with Crippen LogP contribution in [0, 0.1) is 11.3 Å². The third-order valence-electron chi connectivity index (χ3n) is 3.74. The average Bonchev–Trinajstić information content (AvgIpc) is 2.36. The largest absolute Gasteiger partial charge is 0.548 e. The summed E-state index contributed by atoms with van der Waals surface area (Å²) in [6.45, 7) is 13.5. The Labute approximate surface area is 140 Å². The molecule has 5 nitrogen and oxygen atoms in total. The maximum atomic E-state index is 12.9. The molecule has 0 aliphatic heterocycles. The van der Waals surface area contributed by atoms with E-state index in [4.69, 9.17) is 13.9 Å². The molecule has 0 bridgehead atoms. The molecule has 0 saturated carbocycles. The molecule has 0 radical (unpaired) electrons. The van der Waals surface area contributed by atoms with Crippen LogP contribution in [0.4, 0.5) is 0 Å². The number of methoxy groups -OCH3 is 1. The van der Waals surface area contributed by atoms with Gasteiger partial charge in [0.25, 0.3) is 0 Å². The first kappa shape index (κ1) is 19.7. The summed E-state index contributed by atoms with van der Waals surface area (Å²) in [7, 11) is -0.524. The first-order chi connectivity index (χ1) is 10.3. The summed E-state index contributed by atoms with van der Waals surface area (Å²) in [6, 6.07) is 0. The van der Waals surface area contributed by atoms with Crippen LogP contribution in [0.2, 0.25) is 19.6 Å². The monoisotopic (exact) mass is 342 g/mol. The highest BCUT2D eigenvalue weighted by molar-refractivity contribution is 6.70. The van der Waals surface area contributed by atoms with Gasteiger partial charge in [-0.25, -0.2) is 0 Å². The maximum Gasteiger partial charge on any atom is 0.324 e. The topological polar surface area (TPSA) is 61.8 Å². The molecule has 6 heteroatoms. The zero-order valence-corrected chi connectivity index (χ0v) is 16.6. The molecule has 2 atom stereocenters. The van der Waals surface area contributed by atoms with E-state index >= 15 is 0 Å². The van der Waals surface area contributed by atoms with E-state index in [1.54, 1.807) is 20.8 Å². The SMILES string of the molecule is COC(=O)[C@@]1(C(=O)OC(C)(C)C)CC(O[Si](C)(C)C)=CC[C@@H]1C. The highest BCUT2D eigenvalue weighted by Crippen LogP contribution is 2.44. The molecule has 0 spiro atoms. The maximum absolute atomic E-state index is 12.9. The number of hydrogen-bond donors (Lipinski definition) is 0. The second-order valence-electron chi connectivity index (χ2n) is 8.16. The lowest BCUT2D eigenvalue weighted by atomic mass is 9.68. The number of allylic oxidation sites excluding steroid dienone is 2. The normalized spacial score (nSPS) is 25.4. The molecule has 0 amide bonds. The molecule has 0 aromatic carbocycles. The molecule has 1 aliphatic rings. The molecular weight excluding hydrogens is 312 g/mol. The third kappa shape index (κ3) is 4.83. The van der Waals surface area contributed by atoms with Crippen LogP contribution >= 0.6 is 0 Å². The molecule has 1 rings (SSSR count). The Morgan fingerprint density at radius 3 is 2.22 bits per heavy atom. The molecule has 0 saturated heterocycles. The van der Waals surface area contributed by atoms with Crippen LogP contribution in [-0.4, -0.2) is 33.0 Å². The Kier molecular flexibility index (Phi) is 5.73. The van der Waals surface area contributed by atoms with Crippen molar-refractivity contribution >= 4 is 20.3 Å². The van der Waals surface area contributed by atoms with Crippen LogP contribution in [0.25, 0.3) is 0 Å². The van der Waals surface area contributed by atoms with Crippen molar-refractivity contribution in [2.24, 2.45) is 11.3 Å². The molecule has 0 unspecified atom stereocenters. The van der Waals surface area contributed by atoms with Crippen molar-refractivity contribution in [1.29, 1.82) is 0 Å². The molecule has 23 heavy (non-hydrogen) atoms. The van der Waals surface area contributed by atoms with Gasteiger partial charge >= 0.3 is 11.9 Å². The van der Waals surface area contributed by atoms with Crippen LogP contribution < -0.4 is 0 Å².